The van der Waals surface area contributed by atoms with E-state index in [-0.39, 0.29) is 28.5 Å². The van der Waals surface area contributed by atoms with E-state index < -0.39 is 0 Å². The number of fused-ring (bicyclic) bond motifs is 2. The minimum atomic E-state index is -0.352. The number of methoxy groups -OCH3 is 2. The van der Waals surface area contributed by atoms with E-state index in [1.54, 1.807) is 13.2 Å². The third-order valence-corrected chi connectivity index (χ3v) is 9.97. The number of rotatable bonds is 7. The van der Waals surface area contributed by atoms with Crippen LogP contribution in [-0.4, -0.2) is 25.2 Å². The molecular weight excluding hydrogens is 505 g/mol. The highest BCUT2D eigenvalue weighted by molar-refractivity contribution is 5.77. The molecule has 6 rings (SSSR count). The number of carbonyl (C=O) groups excluding carboxylic acids is 1. The molecule has 0 aliphatic heterocycles. The summed E-state index contributed by atoms with van der Waals surface area (Å²) >= 11 is 0. The summed E-state index contributed by atoms with van der Waals surface area (Å²) < 4.78 is 31.8. The Morgan fingerprint density at radius 3 is 2.58 bits per heavy atom. The van der Waals surface area contributed by atoms with Gasteiger partial charge < -0.3 is 14.2 Å². The van der Waals surface area contributed by atoms with E-state index in [1.807, 2.05) is 18.2 Å². The van der Waals surface area contributed by atoms with Crippen molar-refractivity contribution in [2.45, 2.75) is 76.7 Å². The van der Waals surface area contributed by atoms with E-state index in [0.717, 1.165) is 67.4 Å². The lowest BCUT2D eigenvalue weighted by molar-refractivity contribution is -0.153. The minimum absolute atomic E-state index is 0.0638. The highest BCUT2D eigenvalue weighted by Gasteiger charge is 2.55. The summed E-state index contributed by atoms with van der Waals surface area (Å²) in [7, 11) is 3.03. The quantitative estimate of drug-likeness (QED) is 0.288. The molecule has 2 fully saturated rings. The highest BCUT2D eigenvalue weighted by Crippen LogP contribution is 2.57. The fourth-order valence-corrected chi connectivity index (χ4v) is 7.61. The number of halogens is 1. The maximum atomic E-state index is 15.1. The van der Waals surface area contributed by atoms with Crippen molar-refractivity contribution >= 4 is 5.97 Å². The molecule has 0 radical (unpaired) electrons. The molecule has 2 aromatic carbocycles. The molecule has 2 saturated carbocycles. The standard InChI is InChI=1S/C34H38FNO4/c1-33(2)13-5-6-27(33)25-16-21(7-10-24(25)26-18-31(38-3)36-19-30(26)35)20-40-23-9-8-22-11-14-34(29(22)17-23)15-12-28(34)32(37)39-4/h7-10,16-19,27-28H,5-6,11-15,20H2,1-4H3. The summed E-state index contributed by atoms with van der Waals surface area (Å²) in [5, 5.41) is 0. The van der Waals surface area contributed by atoms with Gasteiger partial charge in [-0.15, -0.1) is 0 Å². The molecule has 6 heteroatoms. The average Bonchev–Trinajstić information content (AvgIpc) is 3.51. The van der Waals surface area contributed by atoms with Crippen LogP contribution < -0.4 is 9.47 Å². The normalized spacial score (nSPS) is 24.4. The van der Waals surface area contributed by atoms with Gasteiger partial charge in [0, 0.05) is 17.0 Å². The SMILES string of the molecule is COC(=O)C1CCC12CCc1ccc(OCc3ccc(-c4cc(OC)ncc4F)c(C4CCCC4(C)C)c3)cc12. The van der Waals surface area contributed by atoms with Crippen molar-refractivity contribution < 1.29 is 23.4 Å². The number of benzene rings is 2. The van der Waals surface area contributed by atoms with E-state index >= 15 is 4.39 Å². The molecule has 5 nitrogen and oxygen atoms in total. The third kappa shape index (κ3) is 4.46. The fraction of sp³-hybridized carbons (Fsp3) is 0.471. The maximum absolute atomic E-state index is 15.1. The van der Waals surface area contributed by atoms with E-state index in [4.69, 9.17) is 14.2 Å². The first-order chi connectivity index (χ1) is 19.3. The number of esters is 1. The van der Waals surface area contributed by atoms with Gasteiger partial charge in [0.2, 0.25) is 5.88 Å². The van der Waals surface area contributed by atoms with Crippen molar-refractivity contribution in [1.29, 1.82) is 0 Å². The van der Waals surface area contributed by atoms with E-state index in [1.165, 1.54) is 24.4 Å². The molecule has 3 aliphatic carbocycles. The van der Waals surface area contributed by atoms with E-state index in [2.05, 4.69) is 37.0 Å². The van der Waals surface area contributed by atoms with Crippen molar-refractivity contribution in [1.82, 2.24) is 4.98 Å². The zero-order valence-corrected chi connectivity index (χ0v) is 23.9. The van der Waals surface area contributed by atoms with Gasteiger partial charge in [0.25, 0.3) is 0 Å². The first-order valence-electron chi connectivity index (χ1n) is 14.4. The molecular formula is C34H38FNO4. The number of carbonyl (C=O) groups is 1. The van der Waals surface area contributed by atoms with Crippen LogP contribution in [0.15, 0.2) is 48.7 Å². The van der Waals surface area contributed by atoms with Gasteiger partial charge in [-0.3, -0.25) is 4.79 Å². The Labute approximate surface area is 236 Å². The van der Waals surface area contributed by atoms with Crippen LogP contribution in [0.2, 0.25) is 0 Å². The number of aromatic nitrogens is 1. The Morgan fingerprint density at radius 2 is 1.88 bits per heavy atom. The van der Waals surface area contributed by atoms with Crippen LogP contribution in [0, 0.1) is 17.2 Å². The van der Waals surface area contributed by atoms with Crippen LogP contribution in [0.3, 0.4) is 0 Å². The van der Waals surface area contributed by atoms with Crippen molar-refractivity contribution in [2.24, 2.45) is 11.3 Å². The van der Waals surface area contributed by atoms with Crippen LogP contribution in [0.5, 0.6) is 11.6 Å². The largest absolute Gasteiger partial charge is 0.489 e. The molecule has 1 heterocycles. The van der Waals surface area contributed by atoms with Crippen LogP contribution in [0.25, 0.3) is 11.1 Å². The topological polar surface area (TPSA) is 57.7 Å². The second-order valence-corrected chi connectivity index (χ2v) is 12.4. The number of aryl methyl sites for hydroxylation is 1. The molecule has 1 spiro atoms. The molecule has 3 unspecified atom stereocenters. The van der Waals surface area contributed by atoms with Crippen LogP contribution in [0.1, 0.15) is 80.5 Å². The number of pyridine rings is 1. The van der Waals surface area contributed by atoms with Gasteiger partial charge in [0.05, 0.1) is 26.3 Å². The Bertz CT molecular complexity index is 1450. The third-order valence-electron chi connectivity index (χ3n) is 9.97. The first kappa shape index (κ1) is 26.8. The number of hydrogen-bond acceptors (Lipinski definition) is 5. The predicted octanol–water partition coefficient (Wildman–Crippen LogP) is 7.54. The lowest BCUT2D eigenvalue weighted by Gasteiger charge is -2.46. The summed E-state index contributed by atoms with van der Waals surface area (Å²) in [5.74, 6) is 1.01. The van der Waals surface area contributed by atoms with Crippen LogP contribution >= 0.6 is 0 Å². The fourth-order valence-electron chi connectivity index (χ4n) is 7.61. The molecule has 3 atom stereocenters. The lowest BCUT2D eigenvalue weighted by atomic mass is 9.57. The van der Waals surface area contributed by atoms with Crippen molar-refractivity contribution in [3.63, 3.8) is 0 Å². The predicted molar refractivity (Wildman–Crippen MR) is 152 cm³/mol. The summed E-state index contributed by atoms with van der Waals surface area (Å²) in [6, 6.07) is 14.3. The second-order valence-electron chi connectivity index (χ2n) is 12.4. The molecule has 0 saturated heterocycles. The van der Waals surface area contributed by atoms with Crippen molar-refractivity contribution in [3.8, 4) is 22.8 Å². The number of nitrogens with zero attached hydrogens (tertiary/aromatic N) is 1. The molecule has 3 aliphatic rings. The van der Waals surface area contributed by atoms with Gasteiger partial charge in [-0.25, -0.2) is 9.37 Å². The molecule has 40 heavy (non-hydrogen) atoms. The summed E-state index contributed by atoms with van der Waals surface area (Å²) in [4.78, 5) is 16.5. The summed E-state index contributed by atoms with van der Waals surface area (Å²) in [5.41, 5.74) is 6.17. The molecule has 3 aromatic rings. The monoisotopic (exact) mass is 543 g/mol. The van der Waals surface area contributed by atoms with Crippen molar-refractivity contribution in [3.05, 3.63) is 76.7 Å². The Morgan fingerprint density at radius 1 is 1.02 bits per heavy atom. The molecule has 0 amide bonds. The van der Waals surface area contributed by atoms with E-state index in [9.17, 15) is 4.79 Å². The van der Waals surface area contributed by atoms with Gasteiger partial charge in [0.15, 0.2) is 0 Å². The van der Waals surface area contributed by atoms with Crippen LogP contribution in [0.4, 0.5) is 4.39 Å². The van der Waals surface area contributed by atoms with Gasteiger partial charge in [-0.05, 0) is 89.8 Å². The van der Waals surface area contributed by atoms with Crippen molar-refractivity contribution in [2.75, 3.05) is 14.2 Å². The average molecular weight is 544 g/mol. The van der Waals surface area contributed by atoms with E-state index in [0.29, 0.717) is 24.0 Å². The Hall–Kier alpha value is -3.41. The lowest BCUT2D eigenvalue weighted by Crippen LogP contribution is -2.47. The molecule has 210 valence electrons. The maximum Gasteiger partial charge on any atom is 0.309 e. The van der Waals surface area contributed by atoms with Gasteiger partial charge >= 0.3 is 5.97 Å². The zero-order chi connectivity index (χ0) is 28.1. The van der Waals surface area contributed by atoms with Gasteiger partial charge in [-0.1, -0.05) is 44.5 Å². The molecule has 1 aromatic heterocycles. The highest BCUT2D eigenvalue weighted by atomic mass is 19.1. The van der Waals surface area contributed by atoms with Gasteiger partial charge in [0.1, 0.15) is 18.2 Å². The van der Waals surface area contributed by atoms with Gasteiger partial charge in [-0.2, -0.15) is 0 Å². The number of hydrogen-bond donors (Lipinski definition) is 0. The number of ether oxygens (including phenoxy) is 3. The second kappa shape index (κ2) is 10.2. The molecule has 0 N–H and O–H groups in total. The minimum Gasteiger partial charge on any atom is -0.489 e. The first-order valence-corrected chi connectivity index (χ1v) is 14.4. The smallest absolute Gasteiger partial charge is 0.309 e. The Balaban J connectivity index is 1.30. The summed E-state index contributed by atoms with van der Waals surface area (Å²) in [6.45, 7) is 5.03. The zero-order valence-electron chi connectivity index (χ0n) is 23.9. The summed E-state index contributed by atoms with van der Waals surface area (Å²) in [6.07, 6.45) is 8.48. The Kier molecular flexibility index (Phi) is 6.84. The van der Waals surface area contributed by atoms with Crippen LogP contribution in [-0.2, 0) is 28.0 Å². The molecule has 0 bridgehead atoms.